The van der Waals surface area contributed by atoms with E-state index in [4.69, 9.17) is 0 Å². The van der Waals surface area contributed by atoms with E-state index in [1.165, 1.54) is 18.2 Å². The highest BCUT2D eigenvalue weighted by Crippen LogP contribution is 2.02. The third kappa shape index (κ3) is 1.81. The standard InChI is InChI=1S/C7H6O2.ClH/c1-5-4-6(8)2-3-7(5)9;/h2-4H,1H3;1H. The van der Waals surface area contributed by atoms with Crippen LogP contribution in [0.1, 0.15) is 6.92 Å². The Kier molecular flexibility index (Phi) is 3.03. The highest BCUT2D eigenvalue weighted by Gasteiger charge is 2.06. The third-order valence-corrected chi connectivity index (χ3v) is 1.15. The highest BCUT2D eigenvalue weighted by atomic mass is 35.5. The van der Waals surface area contributed by atoms with Crippen molar-refractivity contribution in [2.24, 2.45) is 0 Å². The second-order valence-electron chi connectivity index (χ2n) is 1.93. The number of carbonyl (C=O) groups excluding carboxylic acids is 2. The SMILES string of the molecule is CC1=CC(=O)C=CC1=O.Cl. The van der Waals surface area contributed by atoms with Crippen molar-refractivity contribution in [2.75, 3.05) is 0 Å². The molecule has 0 heterocycles. The van der Waals surface area contributed by atoms with Crippen LogP contribution in [0.15, 0.2) is 23.8 Å². The summed E-state index contributed by atoms with van der Waals surface area (Å²) in [7, 11) is 0. The molecule has 0 atom stereocenters. The Morgan fingerprint density at radius 3 is 2.20 bits per heavy atom. The molecule has 0 spiro atoms. The van der Waals surface area contributed by atoms with E-state index in [1.54, 1.807) is 6.92 Å². The van der Waals surface area contributed by atoms with E-state index in [9.17, 15) is 9.59 Å². The van der Waals surface area contributed by atoms with E-state index in [2.05, 4.69) is 0 Å². The van der Waals surface area contributed by atoms with Gasteiger partial charge in [-0.15, -0.1) is 12.4 Å². The maximum atomic E-state index is 10.6. The molecule has 0 radical (unpaired) electrons. The topological polar surface area (TPSA) is 34.1 Å². The van der Waals surface area contributed by atoms with Gasteiger partial charge in [0.25, 0.3) is 0 Å². The van der Waals surface area contributed by atoms with Crippen molar-refractivity contribution in [1.82, 2.24) is 0 Å². The Bertz CT molecular complexity index is 226. The summed E-state index contributed by atoms with van der Waals surface area (Å²) in [5.74, 6) is -0.179. The average molecular weight is 159 g/mol. The van der Waals surface area contributed by atoms with Gasteiger partial charge in [-0.25, -0.2) is 0 Å². The summed E-state index contributed by atoms with van der Waals surface area (Å²) in [6.45, 7) is 1.63. The molecule has 0 N–H and O–H groups in total. The molecule has 0 amide bonds. The minimum absolute atomic E-state index is 0. The van der Waals surface area contributed by atoms with Crippen molar-refractivity contribution in [1.29, 1.82) is 0 Å². The van der Waals surface area contributed by atoms with E-state index in [0.29, 0.717) is 5.57 Å². The van der Waals surface area contributed by atoms with Gasteiger partial charge in [0.1, 0.15) is 0 Å². The van der Waals surface area contributed by atoms with Crippen LogP contribution in [0.25, 0.3) is 0 Å². The first kappa shape index (κ1) is 9.11. The van der Waals surface area contributed by atoms with Crippen molar-refractivity contribution in [3.8, 4) is 0 Å². The van der Waals surface area contributed by atoms with Crippen molar-refractivity contribution in [3.63, 3.8) is 0 Å². The van der Waals surface area contributed by atoms with Crippen LogP contribution in [0, 0.1) is 0 Å². The molecule has 0 aromatic carbocycles. The lowest BCUT2D eigenvalue weighted by Gasteiger charge is -1.96. The number of halogens is 1. The molecule has 10 heavy (non-hydrogen) atoms. The zero-order valence-corrected chi connectivity index (χ0v) is 6.27. The molecular formula is C7H7ClO2. The summed E-state index contributed by atoms with van der Waals surface area (Å²) in [4.78, 5) is 21.1. The number of ketones is 2. The first-order chi connectivity index (χ1) is 4.20. The number of hydrogen-bond donors (Lipinski definition) is 0. The van der Waals surface area contributed by atoms with Crippen LogP contribution in [-0.2, 0) is 9.59 Å². The first-order valence-electron chi connectivity index (χ1n) is 2.65. The van der Waals surface area contributed by atoms with Gasteiger partial charge in [-0.05, 0) is 25.2 Å². The second kappa shape index (κ2) is 3.32. The lowest BCUT2D eigenvalue weighted by Crippen LogP contribution is -2.03. The Morgan fingerprint density at radius 2 is 1.80 bits per heavy atom. The molecule has 0 saturated heterocycles. The maximum Gasteiger partial charge on any atom is 0.181 e. The maximum absolute atomic E-state index is 10.6. The molecule has 0 aromatic rings. The largest absolute Gasteiger partial charge is 0.290 e. The van der Waals surface area contributed by atoms with Crippen molar-refractivity contribution < 1.29 is 9.59 Å². The van der Waals surface area contributed by atoms with Crippen molar-refractivity contribution >= 4 is 24.0 Å². The number of carbonyl (C=O) groups is 2. The van der Waals surface area contributed by atoms with Gasteiger partial charge in [0.15, 0.2) is 11.6 Å². The molecule has 2 nitrogen and oxygen atoms in total. The van der Waals surface area contributed by atoms with Crippen molar-refractivity contribution in [3.05, 3.63) is 23.8 Å². The van der Waals surface area contributed by atoms with Crippen LogP contribution in [0.4, 0.5) is 0 Å². The number of rotatable bonds is 0. The molecule has 0 aromatic heterocycles. The van der Waals surface area contributed by atoms with Crippen LogP contribution < -0.4 is 0 Å². The summed E-state index contributed by atoms with van der Waals surface area (Å²) in [6, 6.07) is 0. The van der Waals surface area contributed by atoms with E-state index in [1.807, 2.05) is 0 Å². The molecule has 1 rings (SSSR count). The number of hydrogen-bond acceptors (Lipinski definition) is 2. The van der Waals surface area contributed by atoms with E-state index in [-0.39, 0.29) is 24.0 Å². The smallest absolute Gasteiger partial charge is 0.181 e. The van der Waals surface area contributed by atoms with E-state index >= 15 is 0 Å². The first-order valence-corrected chi connectivity index (χ1v) is 2.65. The van der Waals surface area contributed by atoms with Gasteiger partial charge in [0.05, 0.1) is 0 Å². The molecule has 3 heteroatoms. The molecule has 1 aliphatic rings. The van der Waals surface area contributed by atoms with Gasteiger partial charge < -0.3 is 0 Å². The van der Waals surface area contributed by atoms with Crippen LogP contribution in [0.2, 0.25) is 0 Å². The fourth-order valence-corrected chi connectivity index (χ4v) is 0.622. The molecule has 1 aliphatic carbocycles. The lowest BCUT2D eigenvalue weighted by atomic mass is 10.1. The summed E-state index contributed by atoms with van der Waals surface area (Å²) in [5, 5.41) is 0. The zero-order valence-electron chi connectivity index (χ0n) is 5.46. The summed E-state index contributed by atoms with van der Waals surface area (Å²) < 4.78 is 0. The summed E-state index contributed by atoms with van der Waals surface area (Å²) in [5.41, 5.74) is 0.516. The quantitative estimate of drug-likeness (QED) is 0.494. The third-order valence-electron chi connectivity index (χ3n) is 1.15. The van der Waals surface area contributed by atoms with Gasteiger partial charge in [-0.2, -0.15) is 0 Å². The summed E-state index contributed by atoms with van der Waals surface area (Å²) in [6.07, 6.45) is 3.90. The molecule has 0 bridgehead atoms. The molecule has 54 valence electrons. The highest BCUT2D eigenvalue weighted by molar-refractivity contribution is 6.16. The Morgan fingerprint density at radius 1 is 1.20 bits per heavy atom. The normalized spacial score (nSPS) is 16.3. The van der Waals surface area contributed by atoms with E-state index in [0.717, 1.165) is 0 Å². The predicted molar refractivity (Wildman–Crippen MR) is 40.2 cm³/mol. The Labute approximate surface area is 65.0 Å². The molecule has 0 unspecified atom stereocenters. The predicted octanol–water partition coefficient (Wildman–Crippen LogP) is 1.06. The zero-order chi connectivity index (χ0) is 6.85. The van der Waals surface area contributed by atoms with Gasteiger partial charge in [0, 0.05) is 5.57 Å². The van der Waals surface area contributed by atoms with Crippen molar-refractivity contribution in [2.45, 2.75) is 6.92 Å². The molecule has 0 aliphatic heterocycles. The van der Waals surface area contributed by atoms with Crippen LogP contribution in [-0.4, -0.2) is 11.6 Å². The van der Waals surface area contributed by atoms with Gasteiger partial charge in [-0.1, -0.05) is 0 Å². The lowest BCUT2D eigenvalue weighted by molar-refractivity contribution is -0.114. The number of allylic oxidation sites excluding steroid dienone is 4. The molecule has 0 saturated carbocycles. The monoisotopic (exact) mass is 158 g/mol. The van der Waals surface area contributed by atoms with Crippen LogP contribution in [0.3, 0.4) is 0 Å². The minimum atomic E-state index is -0.105. The van der Waals surface area contributed by atoms with Crippen LogP contribution in [0.5, 0.6) is 0 Å². The molecule has 0 fully saturated rings. The second-order valence-corrected chi connectivity index (χ2v) is 1.93. The van der Waals surface area contributed by atoms with Gasteiger partial charge >= 0.3 is 0 Å². The minimum Gasteiger partial charge on any atom is -0.290 e. The fraction of sp³-hybridized carbons (Fsp3) is 0.143. The average Bonchev–Trinajstić information content (AvgIpc) is 1.80. The van der Waals surface area contributed by atoms with Gasteiger partial charge in [0.2, 0.25) is 0 Å². The summed E-state index contributed by atoms with van der Waals surface area (Å²) >= 11 is 0. The fourth-order valence-electron chi connectivity index (χ4n) is 0.622. The van der Waals surface area contributed by atoms with Crippen LogP contribution >= 0.6 is 12.4 Å². The van der Waals surface area contributed by atoms with E-state index < -0.39 is 0 Å². The molecular weight excluding hydrogens is 152 g/mol. The Balaban J connectivity index is 0.000000810. The Hall–Kier alpha value is -0.890. The van der Waals surface area contributed by atoms with Gasteiger partial charge in [-0.3, -0.25) is 9.59 Å².